The maximum absolute atomic E-state index is 9.08. The molecule has 0 amide bonds. The lowest BCUT2D eigenvalue weighted by Crippen LogP contribution is -2.33. The van der Waals surface area contributed by atoms with E-state index >= 15 is 0 Å². The van der Waals surface area contributed by atoms with E-state index in [4.69, 9.17) is 22.4 Å². The van der Waals surface area contributed by atoms with Gasteiger partial charge >= 0.3 is 0 Å². The predicted molar refractivity (Wildman–Crippen MR) is 82.0 cm³/mol. The van der Waals surface area contributed by atoms with E-state index in [0.717, 1.165) is 5.56 Å². The van der Waals surface area contributed by atoms with Crippen molar-refractivity contribution in [2.24, 2.45) is 5.73 Å². The minimum atomic E-state index is -0.618. The molecule has 20 heavy (non-hydrogen) atoms. The lowest BCUT2D eigenvalue weighted by molar-refractivity contribution is 0.262. The minimum absolute atomic E-state index is 0. The Balaban J connectivity index is 0.00000200. The van der Waals surface area contributed by atoms with Crippen molar-refractivity contribution in [2.75, 3.05) is 6.61 Å². The van der Waals surface area contributed by atoms with Gasteiger partial charge in [0, 0.05) is 10.6 Å². The molecule has 0 bridgehead atoms. The molecule has 7 heteroatoms. The van der Waals surface area contributed by atoms with E-state index in [-0.39, 0.29) is 19.0 Å². The van der Waals surface area contributed by atoms with Crippen molar-refractivity contribution in [1.29, 1.82) is 0 Å². The van der Waals surface area contributed by atoms with Crippen LogP contribution in [0, 0.1) is 0 Å². The van der Waals surface area contributed by atoms with Gasteiger partial charge in [0.25, 0.3) is 0 Å². The summed E-state index contributed by atoms with van der Waals surface area (Å²) in [5.74, 6) is 1.23. The van der Waals surface area contributed by atoms with E-state index in [1.165, 1.54) is 0 Å². The number of halogens is 2. The maximum atomic E-state index is 9.08. The van der Waals surface area contributed by atoms with Crippen LogP contribution in [0.25, 0.3) is 11.4 Å². The zero-order chi connectivity index (χ0) is 14.0. The molecule has 2 aromatic rings. The summed E-state index contributed by atoms with van der Waals surface area (Å²) in [5, 5.41) is 14.1. The molecular formula is C13H18Cl2N4O. The number of aliphatic hydroxyl groups is 1. The molecule has 0 saturated heterocycles. The number of rotatable bonds is 4. The highest BCUT2D eigenvalue weighted by Crippen LogP contribution is 2.22. The molecule has 0 unspecified atom stereocenters. The molecule has 0 aliphatic rings. The Morgan fingerprint density at radius 2 is 1.90 bits per heavy atom. The van der Waals surface area contributed by atoms with Crippen LogP contribution in [0.3, 0.4) is 0 Å². The zero-order valence-corrected chi connectivity index (χ0v) is 12.9. The highest BCUT2D eigenvalue weighted by Gasteiger charge is 2.23. The van der Waals surface area contributed by atoms with Crippen LogP contribution >= 0.6 is 24.0 Å². The van der Waals surface area contributed by atoms with Crippen molar-refractivity contribution in [1.82, 2.24) is 14.8 Å². The fourth-order valence-electron chi connectivity index (χ4n) is 1.79. The maximum Gasteiger partial charge on any atom is 0.181 e. The molecule has 2 rings (SSSR count). The molecular weight excluding hydrogens is 299 g/mol. The summed E-state index contributed by atoms with van der Waals surface area (Å²) in [6, 6.07) is 7.29. The van der Waals surface area contributed by atoms with Crippen LogP contribution in [0.2, 0.25) is 5.02 Å². The Hall–Kier alpha value is -1.14. The van der Waals surface area contributed by atoms with Crippen molar-refractivity contribution in [3.63, 3.8) is 0 Å². The summed E-state index contributed by atoms with van der Waals surface area (Å²) in [7, 11) is 0. The Morgan fingerprint density at radius 3 is 2.40 bits per heavy atom. The van der Waals surface area contributed by atoms with Crippen LogP contribution in [0.1, 0.15) is 19.7 Å². The van der Waals surface area contributed by atoms with Gasteiger partial charge in [0.15, 0.2) is 5.82 Å². The second kappa shape index (κ2) is 6.54. The summed E-state index contributed by atoms with van der Waals surface area (Å²) < 4.78 is 1.64. The van der Waals surface area contributed by atoms with Crippen LogP contribution in [0.15, 0.2) is 24.3 Å². The van der Waals surface area contributed by atoms with Crippen molar-refractivity contribution in [3.8, 4) is 11.4 Å². The van der Waals surface area contributed by atoms with E-state index in [9.17, 15) is 0 Å². The summed E-state index contributed by atoms with van der Waals surface area (Å²) in [5.41, 5.74) is 6.33. The van der Waals surface area contributed by atoms with E-state index in [0.29, 0.717) is 23.2 Å². The van der Waals surface area contributed by atoms with Crippen LogP contribution in [0.5, 0.6) is 0 Å². The molecule has 1 aromatic carbocycles. The van der Waals surface area contributed by atoms with Crippen LogP contribution in [-0.4, -0.2) is 26.5 Å². The topological polar surface area (TPSA) is 77.0 Å². The number of hydrogen-bond acceptors (Lipinski definition) is 4. The smallest absolute Gasteiger partial charge is 0.181 e. The second-order valence-electron chi connectivity index (χ2n) is 4.93. The molecule has 0 aliphatic heterocycles. The molecule has 0 saturated carbocycles. The van der Waals surface area contributed by atoms with Crippen molar-refractivity contribution in [3.05, 3.63) is 35.1 Å². The van der Waals surface area contributed by atoms with Crippen molar-refractivity contribution >= 4 is 24.0 Å². The summed E-state index contributed by atoms with van der Waals surface area (Å²) >= 11 is 5.86. The highest BCUT2D eigenvalue weighted by atomic mass is 35.5. The van der Waals surface area contributed by atoms with E-state index in [2.05, 4.69) is 10.1 Å². The number of hydrogen-bond donors (Lipinski definition) is 2. The Morgan fingerprint density at radius 1 is 1.30 bits per heavy atom. The van der Waals surface area contributed by atoms with Crippen LogP contribution in [0.4, 0.5) is 0 Å². The average molecular weight is 317 g/mol. The van der Waals surface area contributed by atoms with E-state index in [1.54, 1.807) is 16.8 Å². The summed E-state index contributed by atoms with van der Waals surface area (Å²) in [6.07, 6.45) is 0. The van der Waals surface area contributed by atoms with E-state index < -0.39 is 5.54 Å². The highest BCUT2D eigenvalue weighted by molar-refractivity contribution is 6.30. The Kier molecular flexibility index (Phi) is 5.53. The van der Waals surface area contributed by atoms with E-state index in [1.807, 2.05) is 26.0 Å². The van der Waals surface area contributed by atoms with Gasteiger partial charge in [-0.3, -0.25) is 0 Å². The fourth-order valence-corrected chi connectivity index (χ4v) is 1.92. The minimum Gasteiger partial charge on any atom is -0.394 e. The molecule has 5 nitrogen and oxygen atoms in total. The van der Waals surface area contributed by atoms with Gasteiger partial charge in [-0.25, -0.2) is 9.67 Å². The number of aliphatic hydroxyl groups excluding tert-OH is 1. The first kappa shape index (κ1) is 16.9. The van der Waals surface area contributed by atoms with Crippen molar-refractivity contribution < 1.29 is 5.11 Å². The molecule has 1 aromatic heterocycles. The normalized spacial score (nSPS) is 11.2. The van der Waals surface area contributed by atoms with Gasteiger partial charge in [-0.05, 0) is 38.1 Å². The lowest BCUT2D eigenvalue weighted by atomic mass is 10.1. The predicted octanol–water partition coefficient (Wildman–Crippen LogP) is 2.21. The average Bonchev–Trinajstić information content (AvgIpc) is 2.74. The van der Waals surface area contributed by atoms with Gasteiger partial charge in [0.1, 0.15) is 5.82 Å². The molecule has 1 heterocycles. The van der Waals surface area contributed by atoms with Gasteiger partial charge in [0.2, 0.25) is 0 Å². The molecule has 0 aliphatic carbocycles. The standard InChI is InChI=1S/C13H17ClN4O.ClH/c1-13(2,15)12-16-11(17-18(12)7-8-19)9-3-5-10(14)6-4-9;/h3-6,19H,7-8,15H2,1-2H3;1H. The number of nitrogens with two attached hydrogens (primary N) is 1. The number of aromatic nitrogens is 3. The van der Waals surface area contributed by atoms with Gasteiger partial charge < -0.3 is 10.8 Å². The van der Waals surface area contributed by atoms with Crippen LogP contribution in [-0.2, 0) is 12.1 Å². The summed E-state index contributed by atoms with van der Waals surface area (Å²) in [4.78, 5) is 4.47. The monoisotopic (exact) mass is 316 g/mol. The Labute approximate surface area is 129 Å². The lowest BCUT2D eigenvalue weighted by Gasteiger charge is -2.17. The third-order valence-corrected chi connectivity index (χ3v) is 2.91. The molecule has 110 valence electrons. The van der Waals surface area contributed by atoms with Crippen LogP contribution < -0.4 is 5.73 Å². The third kappa shape index (κ3) is 3.70. The molecule has 0 atom stereocenters. The number of nitrogens with zero attached hydrogens (tertiary/aromatic N) is 3. The largest absolute Gasteiger partial charge is 0.394 e. The van der Waals surface area contributed by atoms with Gasteiger partial charge in [-0.1, -0.05) is 11.6 Å². The first-order valence-electron chi connectivity index (χ1n) is 6.03. The quantitative estimate of drug-likeness (QED) is 0.906. The van der Waals surface area contributed by atoms with Gasteiger partial charge in [-0.15, -0.1) is 12.4 Å². The first-order chi connectivity index (χ1) is 8.91. The first-order valence-corrected chi connectivity index (χ1v) is 6.40. The van der Waals surface area contributed by atoms with Gasteiger partial charge in [0.05, 0.1) is 18.7 Å². The zero-order valence-electron chi connectivity index (χ0n) is 11.4. The summed E-state index contributed by atoms with van der Waals surface area (Å²) in [6.45, 7) is 4.08. The van der Waals surface area contributed by atoms with Gasteiger partial charge in [-0.2, -0.15) is 5.10 Å². The van der Waals surface area contributed by atoms with Crippen molar-refractivity contribution in [2.45, 2.75) is 25.9 Å². The third-order valence-electron chi connectivity index (χ3n) is 2.66. The molecule has 0 radical (unpaired) electrons. The molecule has 0 fully saturated rings. The number of benzene rings is 1. The Bertz CT molecular complexity index is 561. The SMILES string of the molecule is CC(C)(N)c1nc(-c2ccc(Cl)cc2)nn1CCO.Cl. The fraction of sp³-hybridized carbons (Fsp3) is 0.385. The second-order valence-corrected chi connectivity index (χ2v) is 5.37. The molecule has 0 spiro atoms. The molecule has 3 N–H and O–H groups in total.